The van der Waals surface area contributed by atoms with Crippen molar-refractivity contribution >= 4 is 0 Å². The predicted octanol–water partition coefficient (Wildman–Crippen LogP) is 0.0302. The molecule has 1 rings (SSSR count). The quantitative estimate of drug-likeness (QED) is 0.610. The Morgan fingerprint density at radius 2 is 2.40 bits per heavy atom. The molecule has 60 valence electrons. The van der Waals surface area contributed by atoms with Crippen molar-refractivity contribution in [2.24, 2.45) is 5.92 Å². The second-order valence-electron chi connectivity index (χ2n) is 2.58. The van der Waals surface area contributed by atoms with Gasteiger partial charge in [0.1, 0.15) is 0 Å². The molecule has 3 nitrogen and oxygen atoms in total. The van der Waals surface area contributed by atoms with Gasteiger partial charge in [-0.3, -0.25) is 0 Å². The maximum Gasteiger partial charge on any atom is 0.0855 e. The Bertz CT molecular complexity index is 94.9. The lowest BCUT2D eigenvalue weighted by Gasteiger charge is -2.13. The highest BCUT2D eigenvalue weighted by Crippen LogP contribution is 2.18. The Morgan fingerprint density at radius 3 is 3.00 bits per heavy atom. The van der Waals surface area contributed by atoms with Crippen LogP contribution in [0.3, 0.4) is 0 Å². The summed E-state index contributed by atoms with van der Waals surface area (Å²) < 4.78 is 10.3. The number of hydrogen-bond donors (Lipinski definition) is 1. The Balaban J connectivity index is 2.27. The number of aliphatic hydroxyl groups is 1. The molecule has 0 spiro atoms. The van der Waals surface area contributed by atoms with Crippen molar-refractivity contribution in [1.82, 2.24) is 0 Å². The van der Waals surface area contributed by atoms with Crippen LogP contribution in [0.1, 0.15) is 6.42 Å². The molecule has 1 heterocycles. The van der Waals surface area contributed by atoms with Crippen LogP contribution in [0, 0.1) is 5.92 Å². The summed E-state index contributed by atoms with van der Waals surface area (Å²) in [6.07, 6.45) is 0.991. The first kappa shape index (κ1) is 7.98. The number of rotatable bonds is 3. The van der Waals surface area contributed by atoms with Crippen LogP contribution in [0.5, 0.6) is 0 Å². The molecule has 0 aromatic heterocycles. The lowest BCUT2D eigenvalue weighted by Crippen LogP contribution is -2.21. The molecular weight excluding hydrogens is 132 g/mol. The minimum atomic E-state index is 0.201. The Hall–Kier alpha value is -0.120. The van der Waals surface area contributed by atoms with Crippen LogP contribution >= 0.6 is 0 Å². The zero-order valence-corrected chi connectivity index (χ0v) is 6.25. The van der Waals surface area contributed by atoms with E-state index in [1.165, 1.54) is 0 Å². The topological polar surface area (TPSA) is 38.7 Å². The highest BCUT2D eigenvalue weighted by molar-refractivity contribution is 4.74. The summed E-state index contributed by atoms with van der Waals surface area (Å²) in [7, 11) is 1.68. The maximum absolute atomic E-state index is 8.63. The molecule has 3 heteroatoms. The van der Waals surface area contributed by atoms with Gasteiger partial charge in [-0.15, -0.1) is 0 Å². The number of aliphatic hydroxyl groups excluding tert-OH is 1. The smallest absolute Gasteiger partial charge is 0.0855 e. The second-order valence-corrected chi connectivity index (χ2v) is 2.58. The molecule has 0 saturated carbocycles. The molecule has 0 radical (unpaired) electrons. The highest BCUT2D eigenvalue weighted by atomic mass is 16.5. The molecule has 10 heavy (non-hydrogen) atoms. The molecule has 1 saturated heterocycles. The molecule has 0 unspecified atom stereocenters. The van der Waals surface area contributed by atoms with Crippen molar-refractivity contribution in [3.8, 4) is 0 Å². The molecule has 0 aliphatic carbocycles. The summed E-state index contributed by atoms with van der Waals surface area (Å²) in [5, 5.41) is 8.63. The van der Waals surface area contributed by atoms with Gasteiger partial charge in [0.25, 0.3) is 0 Å². The molecule has 0 aromatic rings. The van der Waals surface area contributed by atoms with Gasteiger partial charge in [-0.25, -0.2) is 0 Å². The summed E-state index contributed by atoms with van der Waals surface area (Å²) >= 11 is 0. The zero-order valence-electron chi connectivity index (χ0n) is 6.25. The van der Waals surface area contributed by atoms with Gasteiger partial charge in [0, 0.05) is 19.6 Å². The van der Waals surface area contributed by atoms with Gasteiger partial charge in [0.2, 0.25) is 0 Å². The minimum Gasteiger partial charge on any atom is -0.396 e. The van der Waals surface area contributed by atoms with Crippen molar-refractivity contribution in [2.75, 3.05) is 26.9 Å². The van der Waals surface area contributed by atoms with Gasteiger partial charge < -0.3 is 14.6 Å². The van der Waals surface area contributed by atoms with Crippen LogP contribution in [-0.2, 0) is 9.47 Å². The summed E-state index contributed by atoms with van der Waals surface area (Å²) in [6, 6.07) is 0. The fraction of sp³-hybridized carbons (Fsp3) is 1.00. The third-order valence-electron chi connectivity index (χ3n) is 1.94. The maximum atomic E-state index is 8.63. The highest BCUT2D eigenvalue weighted by Gasteiger charge is 2.26. The van der Waals surface area contributed by atoms with E-state index < -0.39 is 0 Å². The molecule has 1 aliphatic heterocycles. The molecule has 1 N–H and O–H groups in total. The van der Waals surface area contributed by atoms with Crippen LogP contribution in [0.4, 0.5) is 0 Å². The monoisotopic (exact) mass is 146 g/mol. The number of hydrogen-bond acceptors (Lipinski definition) is 3. The van der Waals surface area contributed by atoms with Gasteiger partial charge in [-0.05, 0) is 6.42 Å². The first-order valence-electron chi connectivity index (χ1n) is 3.60. The van der Waals surface area contributed by atoms with Crippen LogP contribution in [0.2, 0.25) is 0 Å². The lowest BCUT2D eigenvalue weighted by atomic mass is 10.0. The zero-order chi connectivity index (χ0) is 7.40. The third kappa shape index (κ3) is 1.68. The van der Waals surface area contributed by atoms with Gasteiger partial charge in [0.15, 0.2) is 0 Å². The average molecular weight is 146 g/mol. The van der Waals surface area contributed by atoms with Crippen LogP contribution < -0.4 is 0 Å². The number of ether oxygens (including phenoxy) is 2. The lowest BCUT2D eigenvalue weighted by molar-refractivity contribution is 0.0608. The van der Waals surface area contributed by atoms with E-state index in [-0.39, 0.29) is 12.7 Å². The molecule has 0 amide bonds. The van der Waals surface area contributed by atoms with E-state index in [1.54, 1.807) is 7.11 Å². The van der Waals surface area contributed by atoms with E-state index in [1.807, 2.05) is 0 Å². The van der Waals surface area contributed by atoms with Crippen molar-refractivity contribution < 1.29 is 14.6 Å². The minimum absolute atomic E-state index is 0.201. The van der Waals surface area contributed by atoms with Gasteiger partial charge >= 0.3 is 0 Å². The molecule has 0 bridgehead atoms. The third-order valence-corrected chi connectivity index (χ3v) is 1.94. The fourth-order valence-corrected chi connectivity index (χ4v) is 1.27. The van der Waals surface area contributed by atoms with Crippen molar-refractivity contribution in [3.05, 3.63) is 0 Å². The molecule has 2 atom stereocenters. The normalized spacial score (nSPS) is 33.0. The summed E-state index contributed by atoms with van der Waals surface area (Å²) in [4.78, 5) is 0. The molecule has 1 fully saturated rings. The van der Waals surface area contributed by atoms with E-state index >= 15 is 0 Å². The van der Waals surface area contributed by atoms with Crippen molar-refractivity contribution in [2.45, 2.75) is 12.5 Å². The summed E-state index contributed by atoms with van der Waals surface area (Å²) in [5.41, 5.74) is 0. The van der Waals surface area contributed by atoms with E-state index in [4.69, 9.17) is 14.6 Å². The Kier molecular flexibility index (Phi) is 3.12. The van der Waals surface area contributed by atoms with E-state index in [9.17, 15) is 0 Å². The van der Waals surface area contributed by atoms with Gasteiger partial charge in [-0.1, -0.05) is 0 Å². The Labute approximate surface area is 60.9 Å². The van der Waals surface area contributed by atoms with Crippen molar-refractivity contribution in [3.63, 3.8) is 0 Å². The second kappa shape index (κ2) is 3.91. The molecule has 0 aromatic carbocycles. The van der Waals surface area contributed by atoms with Gasteiger partial charge in [0.05, 0.1) is 19.3 Å². The van der Waals surface area contributed by atoms with Crippen LogP contribution in [-0.4, -0.2) is 38.1 Å². The van der Waals surface area contributed by atoms with Gasteiger partial charge in [-0.2, -0.15) is 0 Å². The van der Waals surface area contributed by atoms with Crippen LogP contribution in [0.15, 0.2) is 0 Å². The van der Waals surface area contributed by atoms with Crippen LogP contribution in [0.25, 0.3) is 0 Å². The van der Waals surface area contributed by atoms with E-state index in [0.717, 1.165) is 13.0 Å². The summed E-state index contributed by atoms with van der Waals surface area (Å²) in [5.74, 6) is 0.398. The molecular formula is C7H14O3. The molecule has 1 aliphatic rings. The first-order chi connectivity index (χ1) is 4.88. The predicted molar refractivity (Wildman–Crippen MR) is 36.8 cm³/mol. The summed E-state index contributed by atoms with van der Waals surface area (Å²) in [6.45, 7) is 1.65. The Morgan fingerprint density at radius 1 is 1.60 bits per heavy atom. The fourth-order valence-electron chi connectivity index (χ4n) is 1.27. The van der Waals surface area contributed by atoms with E-state index in [0.29, 0.717) is 12.5 Å². The SMILES string of the molecule is CO[C@H]1COC[C@@H]1CCO. The number of methoxy groups -OCH3 is 1. The van der Waals surface area contributed by atoms with Crippen molar-refractivity contribution in [1.29, 1.82) is 0 Å². The largest absolute Gasteiger partial charge is 0.396 e. The first-order valence-corrected chi connectivity index (χ1v) is 3.60. The average Bonchev–Trinajstić information content (AvgIpc) is 2.36. The standard InChI is InChI=1S/C7H14O3/c1-9-7-5-10-4-6(7)2-3-8/h6-8H,2-5H2,1H3/t6-,7-/m0/s1. The van der Waals surface area contributed by atoms with E-state index in [2.05, 4.69) is 0 Å².